The van der Waals surface area contributed by atoms with E-state index in [-0.39, 0.29) is 17.2 Å². The summed E-state index contributed by atoms with van der Waals surface area (Å²) in [5.74, 6) is 1.31. The number of rotatable bonds is 7. The fraction of sp³-hybridized carbons (Fsp3) is 0.474. The van der Waals surface area contributed by atoms with Crippen molar-refractivity contribution in [2.75, 3.05) is 5.75 Å². The van der Waals surface area contributed by atoms with Gasteiger partial charge in [0.15, 0.2) is 5.16 Å². The van der Waals surface area contributed by atoms with Gasteiger partial charge < -0.3 is 5.32 Å². The molecule has 0 spiro atoms. The van der Waals surface area contributed by atoms with Crippen molar-refractivity contribution in [1.29, 1.82) is 0 Å². The molecule has 1 aliphatic rings. The van der Waals surface area contributed by atoms with Gasteiger partial charge in [0.05, 0.1) is 16.7 Å². The second kappa shape index (κ2) is 7.34. The molecule has 1 amide bonds. The molecular weight excluding hydrogens is 362 g/mol. The molecule has 2 aromatic heterocycles. The number of thioether (sulfide) groups is 1. The van der Waals surface area contributed by atoms with Crippen LogP contribution < -0.4 is 10.9 Å². The fourth-order valence-corrected chi connectivity index (χ4v) is 3.79. The van der Waals surface area contributed by atoms with E-state index in [2.05, 4.69) is 29.4 Å². The van der Waals surface area contributed by atoms with Gasteiger partial charge in [0, 0.05) is 12.6 Å². The largest absolute Gasteiger partial charge is 0.353 e. The molecule has 0 unspecified atom stereocenters. The Hall–Kier alpha value is -2.35. The molecule has 0 bridgehead atoms. The van der Waals surface area contributed by atoms with Crippen molar-refractivity contribution >= 4 is 34.3 Å². The summed E-state index contributed by atoms with van der Waals surface area (Å²) in [5, 5.41) is 12.8. The van der Waals surface area contributed by atoms with E-state index in [0.29, 0.717) is 34.8 Å². The minimum absolute atomic E-state index is 0.0108. The molecular formula is C19H23N5O2S. The summed E-state index contributed by atoms with van der Waals surface area (Å²) < 4.78 is 3.59. The second-order valence-corrected chi connectivity index (χ2v) is 8.35. The highest BCUT2D eigenvalue weighted by atomic mass is 32.2. The van der Waals surface area contributed by atoms with Crippen LogP contribution in [0.2, 0.25) is 0 Å². The maximum absolute atomic E-state index is 13.0. The molecule has 8 heteroatoms. The number of aryl methyl sites for hydroxylation is 1. The van der Waals surface area contributed by atoms with Gasteiger partial charge in [0.1, 0.15) is 0 Å². The molecule has 0 atom stereocenters. The molecule has 0 saturated heterocycles. The Balaban J connectivity index is 1.74. The molecule has 142 valence electrons. The van der Waals surface area contributed by atoms with Crippen LogP contribution in [-0.4, -0.2) is 36.9 Å². The lowest BCUT2D eigenvalue weighted by molar-refractivity contribution is -0.118. The Labute approximate surface area is 161 Å². The van der Waals surface area contributed by atoms with Crippen molar-refractivity contribution in [2.45, 2.75) is 50.9 Å². The number of hydrogen-bond acceptors (Lipinski definition) is 5. The second-order valence-electron chi connectivity index (χ2n) is 7.40. The van der Waals surface area contributed by atoms with Crippen LogP contribution in [0, 0.1) is 5.92 Å². The van der Waals surface area contributed by atoms with Crippen LogP contribution in [0.15, 0.2) is 34.2 Å². The van der Waals surface area contributed by atoms with Gasteiger partial charge in [-0.3, -0.25) is 18.6 Å². The van der Waals surface area contributed by atoms with Crippen LogP contribution in [-0.2, 0) is 11.3 Å². The molecule has 27 heavy (non-hydrogen) atoms. The maximum atomic E-state index is 13.0. The van der Waals surface area contributed by atoms with E-state index >= 15 is 0 Å². The van der Waals surface area contributed by atoms with Gasteiger partial charge in [-0.1, -0.05) is 37.7 Å². The zero-order valence-corrected chi connectivity index (χ0v) is 16.3. The SMILES string of the molecule is CC(C)CCn1c(=O)c2ccccc2n2c(SCC(=O)NC3CC3)nnc12. The molecule has 0 radical (unpaired) electrons. The smallest absolute Gasteiger partial charge is 0.262 e. The number of aromatic nitrogens is 4. The van der Waals surface area contributed by atoms with Crippen LogP contribution in [0.4, 0.5) is 0 Å². The Morgan fingerprint density at radius 1 is 1.30 bits per heavy atom. The maximum Gasteiger partial charge on any atom is 0.262 e. The van der Waals surface area contributed by atoms with Crippen molar-refractivity contribution in [3.63, 3.8) is 0 Å². The van der Waals surface area contributed by atoms with Crippen LogP contribution in [0.25, 0.3) is 16.7 Å². The molecule has 1 N–H and O–H groups in total. The average Bonchev–Trinajstić information content (AvgIpc) is 3.36. The van der Waals surface area contributed by atoms with Crippen molar-refractivity contribution in [3.8, 4) is 0 Å². The van der Waals surface area contributed by atoms with Crippen LogP contribution in [0.5, 0.6) is 0 Å². The number of hydrogen-bond donors (Lipinski definition) is 1. The monoisotopic (exact) mass is 385 g/mol. The van der Waals surface area contributed by atoms with Gasteiger partial charge in [-0.25, -0.2) is 0 Å². The Morgan fingerprint density at radius 2 is 2.07 bits per heavy atom. The van der Waals surface area contributed by atoms with Crippen molar-refractivity contribution in [1.82, 2.24) is 24.5 Å². The standard InChI is InChI=1S/C19H23N5O2S/c1-12(2)9-10-23-17(26)14-5-3-4-6-15(14)24-18(23)21-22-19(24)27-11-16(25)20-13-7-8-13/h3-6,12-13H,7-11H2,1-2H3,(H,20,25). The zero-order valence-electron chi connectivity index (χ0n) is 15.5. The highest BCUT2D eigenvalue weighted by molar-refractivity contribution is 7.99. The van der Waals surface area contributed by atoms with Crippen LogP contribution in [0.1, 0.15) is 33.1 Å². The third-order valence-electron chi connectivity index (χ3n) is 4.68. The lowest BCUT2D eigenvalue weighted by atomic mass is 10.1. The third kappa shape index (κ3) is 3.71. The molecule has 4 rings (SSSR count). The van der Waals surface area contributed by atoms with E-state index in [1.807, 2.05) is 28.7 Å². The number of carbonyl (C=O) groups is 1. The molecule has 1 fully saturated rings. The molecule has 2 heterocycles. The van der Waals surface area contributed by atoms with E-state index in [1.165, 1.54) is 11.8 Å². The summed E-state index contributed by atoms with van der Waals surface area (Å²) >= 11 is 1.35. The number of nitrogens with zero attached hydrogens (tertiary/aromatic N) is 4. The molecule has 1 saturated carbocycles. The van der Waals surface area contributed by atoms with Crippen molar-refractivity contribution < 1.29 is 4.79 Å². The van der Waals surface area contributed by atoms with E-state index in [0.717, 1.165) is 24.8 Å². The quantitative estimate of drug-likeness (QED) is 0.632. The summed E-state index contributed by atoms with van der Waals surface area (Å²) in [6.45, 7) is 4.86. The first-order valence-corrected chi connectivity index (χ1v) is 10.3. The normalized spacial score (nSPS) is 14.3. The molecule has 7 nitrogen and oxygen atoms in total. The van der Waals surface area contributed by atoms with E-state index in [1.54, 1.807) is 4.57 Å². The van der Waals surface area contributed by atoms with E-state index < -0.39 is 0 Å². The summed E-state index contributed by atoms with van der Waals surface area (Å²) in [5.41, 5.74) is 0.725. The highest BCUT2D eigenvalue weighted by Gasteiger charge is 2.24. The first-order chi connectivity index (χ1) is 13.0. The number of amides is 1. The van der Waals surface area contributed by atoms with E-state index in [9.17, 15) is 9.59 Å². The Morgan fingerprint density at radius 3 is 2.81 bits per heavy atom. The van der Waals surface area contributed by atoms with Gasteiger partial charge in [-0.05, 0) is 37.3 Å². The summed E-state index contributed by atoms with van der Waals surface area (Å²) in [4.78, 5) is 25.0. The topological polar surface area (TPSA) is 81.3 Å². The fourth-order valence-electron chi connectivity index (χ4n) is 3.04. The Bertz CT molecular complexity index is 1050. The number of nitrogens with one attached hydrogen (secondary N) is 1. The number of carbonyl (C=O) groups excluding carboxylic acids is 1. The third-order valence-corrected chi connectivity index (χ3v) is 5.61. The first kappa shape index (κ1) is 18.0. The minimum Gasteiger partial charge on any atom is -0.353 e. The number of benzene rings is 1. The molecule has 1 aliphatic carbocycles. The predicted octanol–water partition coefficient (Wildman–Crippen LogP) is 2.46. The summed E-state index contributed by atoms with van der Waals surface area (Å²) in [7, 11) is 0. The van der Waals surface area contributed by atoms with Crippen LogP contribution >= 0.6 is 11.8 Å². The van der Waals surface area contributed by atoms with Gasteiger partial charge >= 0.3 is 0 Å². The summed E-state index contributed by atoms with van der Waals surface area (Å²) in [6, 6.07) is 7.83. The predicted molar refractivity (Wildman–Crippen MR) is 106 cm³/mol. The number of para-hydroxylation sites is 1. The lowest BCUT2D eigenvalue weighted by Crippen LogP contribution is -2.27. The minimum atomic E-state index is -0.0471. The lowest BCUT2D eigenvalue weighted by Gasteiger charge is -2.12. The Kier molecular flexibility index (Phi) is 4.90. The van der Waals surface area contributed by atoms with Gasteiger partial charge in [-0.2, -0.15) is 0 Å². The molecule has 1 aromatic carbocycles. The summed E-state index contributed by atoms with van der Waals surface area (Å²) in [6.07, 6.45) is 3.01. The van der Waals surface area contributed by atoms with Crippen molar-refractivity contribution in [2.24, 2.45) is 5.92 Å². The van der Waals surface area contributed by atoms with Gasteiger partial charge in [-0.15, -0.1) is 10.2 Å². The molecule has 3 aromatic rings. The first-order valence-electron chi connectivity index (χ1n) is 9.33. The zero-order chi connectivity index (χ0) is 19.0. The van der Waals surface area contributed by atoms with Crippen LogP contribution in [0.3, 0.4) is 0 Å². The molecule has 0 aliphatic heterocycles. The van der Waals surface area contributed by atoms with Crippen molar-refractivity contribution in [3.05, 3.63) is 34.6 Å². The van der Waals surface area contributed by atoms with E-state index in [4.69, 9.17) is 0 Å². The van der Waals surface area contributed by atoms with Gasteiger partial charge in [0.2, 0.25) is 11.7 Å². The average molecular weight is 385 g/mol. The highest BCUT2D eigenvalue weighted by Crippen LogP contribution is 2.23. The van der Waals surface area contributed by atoms with Gasteiger partial charge in [0.25, 0.3) is 5.56 Å². The number of fused-ring (bicyclic) bond motifs is 3.